The third kappa shape index (κ3) is 48.5. The molecule has 0 bridgehead atoms. The fourth-order valence-electron chi connectivity index (χ4n) is 14.7. The molecule has 0 aliphatic carbocycles. The Morgan fingerprint density at radius 1 is 0.434 bits per heavy atom. The number of thiol groups is 1. The number of azide groups is 2. The van der Waals surface area contributed by atoms with Crippen LogP contribution in [0.3, 0.4) is 0 Å². The molecule has 2 aliphatic rings. The first-order chi connectivity index (χ1) is 69.2. The predicted octanol–water partition coefficient (Wildman–Crippen LogP) is -4.23. The lowest BCUT2D eigenvalue weighted by Gasteiger charge is -2.29. The van der Waals surface area contributed by atoms with Crippen LogP contribution in [0, 0.1) is 17.8 Å². The number of carbonyl (C=O) groups excluding carboxylic acids is 17. The van der Waals surface area contributed by atoms with Crippen molar-refractivity contribution in [2.75, 3.05) is 117 Å². The number of amides is 18. The van der Waals surface area contributed by atoms with Gasteiger partial charge in [-0.2, -0.15) is 24.4 Å². The summed E-state index contributed by atoms with van der Waals surface area (Å²) in [7, 11) is 0. The average Bonchev–Trinajstić information content (AvgIpc) is 1.67. The maximum Gasteiger partial charge on any atom is 0.315 e. The Balaban J connectivity index is 1.36. The Labute approximate surface area is 849 Å². The quantitative estimate of drug-likeness (QED) is 0.00745. The van der Waals surface area contributed by atoms with Gasteiger partial charge in [0.1, 0.15) is 78.5 Å². The maximum atomic E-state index is 14.5. The van der Waals surface area contributed by atoms with Crippen molar-refractivity contribution < 1.29 is 136 Å². The van der Waals surface area contributed by atoms with Crippen molar-refractivity contribution >= 4 is 131 Å². The summed E-state index contributed by atoms with van der Waals surface area (Å²) >= 11 is 5.98. The maximum absolute atomic E-state index is 14.5. The van der Waals surface area contributed by atoms with Gasteiger partial charge >= 0.3 is 12.0 Å². The van der Waals surface area contributed by atoms with Crippen LogP contribution >= 0.6 is 24.4 Å². The van der Waals surface area contributed by atoms with Gasteiger partial charge in [-0.1, -0.05) is 132 Å². The van der Waals surface area contributed by atoms with Crippen LogP contribution < -0.4 is 96.1 Å². The second-order valence-corrected chi connectivity index (χ2v) is 37.0. The van der Waals surface area contributed by atoms with E-state index >= 15 is 0 Å². The van der Waals surface area contributed by atoms with E-state index < -0.39 is 235 Å². The van der Waals surface area contributed by atoms with Gasteiger partial charge in [0.2, 0.25) is 94.5 Å². The molecule has 54 heteroatoms. The summed E-state index contributed by atoms with van der Waals surface area (Å²) < 4.78 is 27.9. The number of carboxylic acids is 1. The number of carbonyl (C=O) groups is 18. The summed E-state index contributed by atoms with van der Waals surface area (Å²) in [5, 5.41) is 102. The van der Waals surface area contributed by atoms with Gasteiger partial charge in [0.25, 0.3) is 0 Å². The number of aliphatic carboxylic acids is 1. The molecule has 2 aromatic rings. The van der Waals surface area contributed by atoms with Crippen molar-refractivity contribution in [1.82, 2.24) is 90.4 Å². The fraction of sp³-hybridized carbons (Fsp3) is 0.670. The number of hydrogen-bond acceptors (Lipinski definition) is 31. The van der Waals surface area contributed by atoms with Crippen molar-refractivity contribution in [3.8, 4) is 0 Å². The molecule has 52 nitrogen and oxygen atoms in total. The van der Waals surface area contributed by atoms with Crippen LogP contribution in [-0.4, -0.2) is 357 Å². The molecule has 2 aromatic carbocycles. The Morgan fingerprint density at radius 2 is 0.821 bits per heavy atom. The summed E-state index contributed by atoms with van der Waals surface area (Å²) in [6.45, 7) is 10.8. The molecule has 2 saturated heterocycles. The average molecular weight is 2090 g/mol. The predicted molar refractivity (Wildman–Crippen MR) is 527 cm³/mol. The van der Waals surface area contributed by atoms with E-state index in [0.717, 1.165) is 38.9 Å². The van der Waals surface area contributed by atoms with Crippen LogP contribution in [0.4, 0.5) is 4.79 Å². The number of primary amides is 1. The SMILES string of the molecule is CC(C)[C@H](NC(=O)[C@@H](CCCCN=[N+]=[N-])NC(=O)CNC(=O)[C@@H](Cc1ccccc1)NC(=O)[C@@H](Cc1ccccc1)NC(=O)CCOCCOCCOCCOCCOCCNC(=O)CCCCC1SC[C@H]2NC(=O)N[C@@H]12)C(=O)NC(C(=O)N[C@@H](CC(=O)O)C(=O)N[C@H](CCCCN=[N+]=[N-])C(=O)N[C@@H](CO)C(=O)N[C@H](CS)C(=O)NC(C(=O)N[C@@H](C(=O)N[C@@H](CO)C(=O)N[C@@H](C(N)=O)C(C)C)C(C)C)[C@@H](C)O)[C@@H](C)O. The number of carboxylic acid groups (broad SMARTS) is 1. The smallest absolute Gasteiger partial charge is 0.315 e. The van der Waals surface area contributed by atoms with Gasteiger partial charge in [-0.25, -0.2) is 4.79 Å². The summed E-state index contributed by atoms with van der Waals surface area (Å²) in [6, 6.07) is -4.36. The molecule has 0 radical (unpaired) electrons. The minimum Gasteiger partial charge on any atom is -0.481 e. The number of nitrogens with one attached hydrogen (secondary N) is 17. The molecule has 808 valence electrons. The van der Waals surface area contributed by atoms with E-state index in [9.17, 15) is 112 Å². The summed E-state index contributed by atoms with van der Waals surface area (Å²) in [4.78, 5) is 250. The van der Waals surface area contributed by atoms with Gasteiger partial charge in [-0.3, -0.25) is 81.5 Å². The van der Waals surface area contributed by atoms with Crippen LogP contribution in [0.5, 0.6) is 0 Å². The van der Waals surface area contributed by atoms with Crippen LogP contribution in [-0.2, 0) is 118 Å². The number of aliphatic hydroxyl groups is 4. The van der Waals surface area contributed by atoms with Gasteiger partial charge in [0.15, 0.2) is 0 Å². The molecule has 0 aromatic heterocycles. The topological polar surface area (TPSA) is 783 Å². The Morgan fingerprint density at radius 3 is 1.32 bits per heavy atom. The number of benzene rings is 2. The first-order valence-corrected chi connectivity index (χ1v) is 49.7. The highest BCUT2D eigenvalue weighted by Crippen LogP contribution is 2.33. The van der Waals surface area contributed by atoms with E-state index in [2.05, 4.69) is 123 Å². The largest absolute Gasteiger partial charge is 0.481 e. The highest BCUT2D eigenvalue weighted by atomic mass is 32.2. The van der Waals surface area contributed by atoms with Gasteiger partial charge < -0.3 is 145 Å². The number of nitrogens with zero attached hydrogens (tertiary/aromatic N) is 6. The molecule has 4 rings (SSSR count). The zero-order valence-electron chi connectivity index (χ0n) is 82.8. The van der Waals surface area contributed by atoms with E-state index in [1.807, 2.05) is 11.8 Å². The lowest BCUT2D eigenvalue weighted by molar-refractivity contribution is -0.142. The monoisotopic (exact) mass is 2090 g/mol. The van der Waals surface area contributed by atoms with E-state index in [-0.39, 0.29) is 128 Å². The van der Waals surface area contributed by atoms with Gasteiger partial charge in [0.05, 0.1) is 117 Å². The van der Waals surface area contributed by atoms with Crippen molar-refractivity contribution in [1.29, 1.82) is 0 Å². The molecule has 2 heterocycles. The number of aliphatic hydroxyl groups excluding tert-OH is 4. The number of fused-ring (bicyclic) bond motifs is 1. The molecule has 2 fully saturated rings. The van der Waals surface area contributed by atoms with Gasteiger partial charge in [-0.15, -0.1) is 0 Å². The van der Waals surface area contributed by atoms with Crippen molar-refractivity contribution in [2.24, 2.45) is 33.7 Å². The highest BCUT2D eigenvalue weighted by molar-refractivity contribution is 8.00. The number of thioether (sulfide) groups is 1. The second-order valence-electron chi connectivity index (χ2n) is 35.3. The number of ether oxygens (including phenoxy) is 5. The Bertz CT molecular complexity index is 4590. The summed E-state index contributed by atoms with van der Waals surface area (Å²) in [5.74, 6) is -19.5. The first kappa shape index (κ1) is 125. The van der Waals surface area contributed by atoms with Crippen molar-refractivity contribution in [3.63, 3.8) is 0 Å². The zero-order chi connectivity index (χ0) is 107. The highest BCUT2D eigenvalue weighted by Gasteiger charge is 2.44. The van der Waals surface area contributed by atoms with E-state index in [4.69, 9.17) is 40.5 Å². The molecule has 145 heavy (non-hydrogen) atoms. The molecule has 18 atom stereocenters. The van der Waals surface area contributed by atoms with Crippen LogP contribution in [0.2, 0.25) is 0 Å². The number of unbranched alkanes of at least 4 members (excludes halogenated alkanes) is 3. The fourth-order valence-corrected chi connectivity index (χ4v) is 16.5. The van der Waals surface area contributed by atoms with E-state index in [1.54, 1.807) is 74.5 Å². The van der Waals surface area contributed by atoms with Crippen molar-refractivity contribution in [2.45, 2.75) is 253 Å². The number of hydrogen-bond donors (Lipinski definition) is 24. The van der Waals surface area contributed by atoms with Crippen LogP contribution in [0.25, 0.3) is 20.9 Å². The molecule has 2 aliphatic heterocycles. The normalized spacial score (nSPS) is 16.6. The summed E-state index contributed by atoms with van der Waals surface area (Å²) in [5.41, 5.74) is 24.5. The lowest BCUT2D eigenvalue weighted by atomic mass is 10.0. The van der Waals surface area contributed by atoms with E-state index in [1.165, 1.54) is 27.7 Å². The first-order valence-electron chi connectivity index (χ1n) is 48.0. The minimum absolute atomic E-state index is 0.0233. The van der Waals surface area contributed by atoms with Crippen molar-refractivity contribution in [3.05, 3.63) is 92.7 Å². The molecule has 0 spiro atoms. The molecular weight excluding hydrogens is 1940 g/mol. The number of urea groups is 1. The van der Waals surface area contributed by atoms with Gasteiger partial charge in [0, 0.05) is 71.9 Å². The molecule has 3 unspecified atom stereocenters. The van der Waals surface area contributed by atoms with Crippen LogP contribution in [0.1, 0.15) is 144 Å². The molecule has 24 N–H and O–H groups in total. The molecule has 0 saturated carbocycles. The third-order valence-electron chi connectivity index (χ3n) is 22.6. The Kier molecular flexibility index (Phi) is 60.0. The lowest BCUT2D eigenvalue weighted by Crippen LogP contribution is -2.63. The van der Waals surface area contributed by atoms with Crippen LogP contribution in [0.15, 0.2) is 70.9 Å². The minimum atomic E-state index is -2.16. The zero-order valence-corrected chi connectivity index (χ0v) is 84.5. The number of nitrogens with two attached hydrogens (primary N) is 1. The van der Waals surface area contributed by atoms with Gasteiger partial charge in [-0.05, 0) is 92.3 Å². The second kappa shape index (κ2) is 69.6. The molecular formula is C91H144N24O28S2. The van der Waals surface area contributed by atoms with E-state index in [0.29, 0.717) is 62.4 Å². The summed E-state index contributed by atoms with van der Waals surface area (Å²) in [6.07, 6.45) is -2.40. The standard InChI is InChI=1S/C91H144N24O28S2/c1-51(2)72(78(92)125)108-85(132)64(48-117)105-87(134)73(52(3)4)110-90(137)76(55(8)119)111-86(133)65(49-144)106-84(131)63(47-116)104-80(127)59(26-18-20-31-98-115-94)101-83(130)62(45-71(123)124)103-89(136)75(54(7)118)112-88(135)74(53(5)6)109-81(128)58(25-17-19-30-97-114-93)99-70(122)46-96-79(126)60(43-56-21-11-9-12-22-56)102-82(129)61(44-57-23-13-10-14-24-57)100-69(121)29-33-139-35-37-141-39-41-143-42-40-142-38-36-140-34-32-95-68(120)28-16-15-27-67-77-66(50-145-67)107-91(138)113-77/h9-14,21-24,51-55,58-67,72-77,116-119,144H,15-20,25-50H2,1-8H3,(H2,92,125)(H,95,120)(H,96,126)(H,99,122)(H,100,121)(H,101,130)(H,102,129)(H,103,136)(H,104,127)(H,105,134)(H,106,131)(H,108,132)(H,109,128)(H,110,137)(H,111,133)(H,112,135)(H,123,124)(H2,107,113,138)/t54-,55-,58-,59-,60-,61-,62+,63+,64+,65-,66-,67?,72-,73-,74+,75?,76?,77-/m1/s1. The third-order valence-corrected chi connectivity index (χ3v) is 24.5. The molecule has 18 amide bonds. The Hall–Kier alpha value is -12.3. The number of rotatable bonds is 75.